The van der Waals surface area contributed by atoms with Crippen molar-refractivity contribution in [1.29, 1.82) is 0 Å². The van der Waals surface area contributed by atoms with E-state index in [2.05, 4.69) is 25.6 Å². The van der Waals surface area contributed by atoms with Gasteiger partial charge in [-0.2, -0.15) is 11.8 Å². The highest BCUT2D eigenvalue weighted by molar-refractivity contribution is 7.99. The lowest BCUT2D eigenvalue weighted by Gasteiger charge is -2.62. The summed E-state index contributed by atoms with van der Waals surface area (Å²) in [5.74, 6) is 4.68. The maximum absolute atomic E-state index is 12.7. The topological polar surface area (TPSA) is 63.3 Å². The maximum atomic E-state index is 12.7. The lowest BCUT2D eigenvalue weighted by atomic mass is 9.43. The van der Waals surface area contributed by atoms with E-state index in [9.17, 15) is 9.90 Å². The van der Waals surface area contributed by atoms with Crippen LogP contribution < -0.4 is 5.73 Å². The van der Waals surface area contributed by atoms with Crippen molar-refractivity contribution in [2.24, 2.45) is 46.2 Å². The van der Waals surface area contributed by atoms with Crippen LogP contribution in [0.25, 0.3) is 0 Å². The molecule has 0 radical (unpaired) electrons. The van der Waals surface area contributed by atoms with Gasteiger partial charge in [0.15, 0.2) is 0 Å². The number of ketones is 1. The molecule has 0 aromatic carbocycles. The first-order valence-electron chi connectivity index (χ1n) is 11.4. The van der Waals surface area contributed by atoms with E-state index in [0.717, 1.165) is 43.4 Å². The minimum absolute atomic E-state index is 0.0902. The molecule has 0 saturated heterocycles. The normalized spacial score (nSPS) is 49.4. The number of aliphatic hydroxyl groups is 1. The molecular weight excluding hydrogens is 354 g/mol. The molecule has 4 saturated carbocycles. The summed E-state index contributed by atoms with van der Waals surface area (Å²) in [5.41, 5.74) is 6.01. The van der Waals surface area contributed by atoms with E-state index in [1.54, 1.807) is 0 Å². The van der Waals surface area contributed by atoms with Crippen LogP contribution in [0.5, 0.6) is 0 Å². The van der Waals surface area contributed by atoms with E-state index in [4.69, 9.17) is 5.73 Å². The highest BCUT2D eigenvalue weighted by Crippen LogP contribution is 2.67. The molecule has 0 aliphatic heterocycles. The summed E-state index contributed by atoms with van der Waals surface area (Å²) >= 11 is 2.14. The first-order valence-corrected chi connectivity index (χ1v) is 12.4. The molecule has 4 rings (SSSR count). The van der Waals surface area contributed by atoms with Gasteiger partial charge in [-0.15, -0.1) is 0 Å². The molecule has 4 fully saturated rings. The predicted octanol–water partition coefficient (Wildman–Crippen LogP) is 4.27. The van der Waals surface area contributed by atoms with E-state index in [-0.39, 0.29) is 5.41 Å². The molecule has 8 atom stereocenters. The second-order valence-corrected chi connectivity index (χ2v) is 11.9. The zero-order valence-corrected chi connectivity index (χ0v) is 18.1. The Hall–Kier alpha value is -0.0600. The molecule has 0 bridgehead atoms. The minimum atomic E-state index is -0.0902. The molecule has 4 aliphatic rings. The fraction of sp³-hybridized carbons (Fsp3) is 0.957. The molecule has 0 heterocycles. The van der Waals surface area contributed by atoms with Crippen LogP contribution in [0.1, 0.15) is 71.6 Å². The van der Waals surface area contributed by atoms with E-state index >= 15 is 0 Å². The van der Waals surface area contributed by atoms with Crippen molar-refractivity contribution in [3.05, 3.63) is 0 Å². The molecule has 0 aromatic heterocycles. The van der Waals surface area contributed by atoms with Crippen molar-refractivity contribution < 1.29 is 9.90 Å². The number of rotatable bonds is 5. The molecule has 0 amide bonds. The summed E-state index contributed by atoms with van der Waals surface area (Å²) in [6, 6.07) is 0. The molecule has 0 spiro atoms. The summed E-state index contributed by atoms with van der Waals surface area (Å²) < 4.78 is 0. The predicted molar refractivity (Wildman–Crippen MR) is 113 cm³/mol. The lowest BCUT2D eigenvalue weighted by Crippen LogP contribution is -2.57. The van der Waals surface area contributed by atoms with Crippen molar-refractivity contribution >= 4 is 17.5 Å². The standard InChI is InChI=1S/C23H39NO2S/c1-22-8-6-17(27-11-3-10-24)13-16(22)12-15(14-25)21-18-4-5-20(26)23(18,2)9-7-19(21)22/h15-19,21,25H,3-14,24H2,1-2H3/t15-,16?,17+,18-,19-,21-,22-,23-/m0/s1. The van der Waals surface area contributed by atoms with E-state index in [1.807, 2.05) is 0 Å². The number of thioether (sulfide) groups is 1. The van der Waals surface area contributed by atoms with Crippen LogP contribution in [0.2, 0.25) is 0 Å². The lowest BCUT2D eigenvalue weighted by molar-refractivity contribution is -0.152. The van der Waals surface area contributed by atoms with Crippen LogP contribution in [0.3, 0.4) is 0 Å². The van der Waals surface area contributed by atoms with Crippen molar-refractivity contribution in [3.8, 4) is 0 Å². The van der Waals surface area contributed by atoms with Crippen LogP contribution in [-0.2, 0) is 4.79 Å². The SMILES string of the molecule is C[C@]12CC[C@@H](SCCCN)CC1C[C@@H](CO)[C@@H]1[C@@H]2CC[C@]2(C)C(=O)CC[C@@H]12. The highest BCUT2D eigenvalue weighted by Gasteiger charge is 2.62. The van der Waals surface area contributed by atoms with Gasteiger partial charge in [-0.3, -0.25) is 4.79 Å². The molecule has 3 nitrogen and oxygen atoms in total. The maximum Gasteiger partial charge on any atom is 0.139 e. The van der Waals surface area contributed by atoms with Gasteiger partial charge in [-0.25, -0.2) is 0 Å². The number of carbonyl (C=O) groups is 1. The summed E-state index contributed by atoms with van der Waals surface area (Å²) in [6.45, 7) is 5.94. The van der Waals surface area contributed by atoms with Gasteiger partial charge in [0.1, 0.15) is 5.78 Å². The van der Waals surface area contributed by atoms with E-state index in [0.29, 0.717) is 41.5 Å². The van der Waals surface area contributed by atoms with Crippen molar-refractivity contribution in [2.75, 3.05) is 18.9 Å². The number of fused-ring (bicyclic) bond motifs is 5. The molecular formula is C23H39NO2S. The third-order valence-corrected chi connectivity index (χ3v) is 10.9. The largest absolute Gasteiger partial charge is 0.396 e. The van der Waals surface area contributed by atoms with Gasteiger partial charge in [-0.1, -0.05) is 13.8 Å². The fourth-order valence-electron chi connectivity index (χ4n) is 7.83. The third kappa shape index (κ3) is 3.22. The molecule has 0 aromatic rings. The number of hydrogen-bond donors (Lipinski definition) is 2. The Morgan fingerprint density at radius 3 is 2.70 bits per heavy atom. The number of nitrogens with two attached hydrogens (primary N) is 1. The van der Waals surface area contributed by atoms with Gasteiger partial charge in [0.2, 0.25) is 0 Å². The number of hydrogen-bond acceptors (Lipinski definition) is 4. The first-order chi connectivity index (χ1) is 12.9. The Morgan fingerprint density at radius 1 is 1.15 bits per heavy atom. The Kier molecular flexibility index (Phi) is 5.73. The molecule has 154 valence electrons. The van der Waals surface area contributed by atoms with Crippen LogP contribution >= 0.6 is 11.8 Å². The van der Waals surface area contributed by atoms with Crippen molar-refractivity contribution in [2.45, 2.75) is 76.9 Å². The van der Waals surface area contributed by atoms with Crippen LogP contribution in [0, 0.1) is 40.4 Å². The highest BCUT2D eigenvalue weighted by atomic mass is 32.2. The molecule has 1 unspecified atom stereocenters. The monoisotopic (exact) mass is 393 g/mol. The van der Waals surface area contributed by atoms with Gasteiger partial charge in [0, 0.05) is 23.7 Å². The Balaban J connectivity index is 1.54. The number of Topliss-reactive ketones (excluding diaryl/α,β-unsaturated/α-hetero) is 1. The zero-order valence-electron chi connectivity index (χ0n) is 17.3. The second-order valence-electron chi connectivity index (χ2n) is 10.5. The fourth-order valence-corrected chi connectivity index (χ4v) is 9.15. The van der Waals surface area contributed by atoms with Crippen molar-refractivity contribution in [3.63, 3.8) is 0 Å². The first kappa shape index (κ1) is 20.2. The molecule has 3 N–H and O–H groups in total. The summed E-state index contributed by atoms with van der Waals surface area (Å²) in [5, 5.41) is 11.1. The smallest absolute Gasteiger partial charge is 0.139 e. The van der Waals surface area contributed by atoms with Crippen molar-refractivity contribution in [1.82, 2.24) is 0 Å². The average Bonchev–Trinajstić information content (AvgIpc) is 2.96. The van der Waals surface area contributed by atoms with E-state index < -0.39 is 0 Å². The molecule has 27 heavy (non-hydrogen) atoms. The van der Waals surface area contributed by atoms with Crippen LogP contribution in [0.4, 0.5) is 0 Å². The molecule has 4 aliphatic carbocycles. The Morgan fingerprint density at radius 2 is 1.96 bits per heavy atom. The summed E-state index contributed by atoms with van der Waals surface area (Å²) in [4.78, 5) is 12.7. The van der Waals surface area contributed by atoms with Gasteiger partial charge < -0.3 is 10.8 Å². The summed E-state index contributed by atoms with van der Waals surface area (Å²) in [7, 11) is 0. The Bertz CT molecular complexity index is 569. The third-order valence-electron chi connectivity index (χ3n) is 9.44. The Labute approximate surface area is 169 Å². The van der Waals surface area contributed by atoms with E-state index in [1.165, 1.54) is 37.9 Å². The van der Waals surface area contributed by atoms with Crippen LogP contribution in [-0.4, -0.2) is 35.0 Å². The van der Waals surface area contributed by atoms with Gasteiger partial charge in [0.25, 0.3) is 0 Å². The summed E-state index contributed by atoms with van der Waals surface area (Å²) in [6.07, 6.45) is 10.5. The van der Waals surface area contributed by atoms with Gasteiger partial charge >= 0.3 is 0 Å². The molecule has 4 heteroatoms. The van der Waals surface area contributed by atoms with Gasteiger partial charge in [-0.05, 0) is 98.7 Å². The second kappa shape index (κ2) is 7.65. The minimum Gasteiger partial charge on any atom is -0.396 e. The number of carbonyl (C=O) groups excluding carboxylic acids is 1. The average molecular weight is 394 g/mol. The van der Waals surface area contributed by atoms with Crippen LogP contribution in [0.15, 0.2) is 0 Å². The quantitative estimate of drug-likeness (QED) is 0.685. The number of aliphatic hydroxyl groups excluding tert-OH is 1. The zero-order chi connectivity index (χ0) is 19.2. The van der Waals surface area contributed by atoms with Gasteiger partial charge in [0.05, 0.1) is 0 Å².